The molecule has 1 N–H and O–H groups in total. The van der Waals surface area contributed by atoms with Gasteiger partial charge in [0.15, 0.2) is 6.29 Å². The summed E-state index contributed by atoms with van der Waals surface area (Å²) in [5, 5.41) is 2.58. The van der Waals surface area contributed by atoms with Gasteiger partial charge < -0.3 is 5.32 Å². The zero-order valence-electron chi connectivity index (χ0n) is 9.72. The number of carbonyl (C=O) groups is 2. The third-order valence-corrected chi connectivity index (χ3v) is 4.22. The lowest BCUT2D eigenvalue weighted by Crippen LogP contribution is -2.18. The van der Waals surface area contributed by atoms with Crippen LogP contribution in [-0.4, -0.2) is 19.2 Å². The molecule has 0 atom stereocenters. The summed E-state index contributed by atoms with van der Waals surface area (Å²) in [6, 6.07) is 0. The van der Waals surface area contributed by atoms with E-state index in [9.17, 15) is 9.59 Å². The largest absolute Gasteiger partial charge is 0.354 e. The molecule has 1 heterocycles. The van der Waals surface area contributed by atoms with Crippen LogP contribution in [0.5, 0.6) is 0 Å². The summed E-state index contributed by atoms with van der Waals surface area (Å²) in [4.78, 5) is 24.5. The first-order valence-corrected chi connectivity index (χ1v) is 6.12. The lowest BCUT2D eigenvalue weighted by atomic mass is 9.90. The quantitative estimate of drug-likeness (QED) is 0.800. The van der Waals surface area contributed by atoms with Crippen LogP contribution < -0.4 is 5.32 Å². The van der Waals surface area contributed by atoms with Crippen LogP contribution in [0.15, 0.2) is 0 Å². The summed E-state index contributed by atoms with van der Waals surface area (Å²) in [7, 11) is 1.59. The fourth-order valence-corrected chi connectivity index (χ4v) is 3.74. The predicted molar refractivity (Wildman–Crippen MR) is 64.3 cm³/mol. The van der Waals surface area contributed by atoms with Gasteiger partial charge >= 0.3 is 0 Å². The summed E-state index contributed by atoms with van der Waals surface area (Å²) in [6.45, 7) is 4.38. The Labute approximate surface area is 98.9 Å². The number of amides is 1. The number of nitrogens with one attached hydrogen (secondary N) is 1. The SMILES string of the molecule is CNC(=O)c1sc2c(c1C=O)CC(C)(C)C2. The fourth-order valence-electron chi connectivity index (χ4n) is 2.25. The predicted octanol–water partition coefficient (Wildman–Crippen LogP) is 2.04. The third-order valence-electron chi connectivity index (χ3n) is 2.98. The summed E-state index contributed by atoms with van der Waals surface area (Å²) in [6.07, 6.45) is 2.68. The molecule has 3 nitrogen and oxygen atoms in total. The summed E-state index contributed by atoms with van der Waals surface area (Å²) in [5.74, 6) is -0.153. The highest BCUT2D eigenvalue weighted by Gasteiger charge is 2.34. The number of thiophene rings is 1. The van der Waals surface area contributed by atoms with Gasteiger partial charge in [0.05, 0.1) is 0 Å². The van der Waals surface area contributed by atoms with E-state index in [0.29, 0.717) is 10.4 Å². The van der Waals surface area contributed by atoms with Gasteiger partial charge in [-0.05, 0) is 23.8 Å². The minimum Gasteiger partial charge on any atom is -0.354 e. The van der Waals surface area contributed by atoms with E-state index in [4.69, 9.17) is 0 Å². The van der Waals surface area contributed by atoms with Crippen LogP contribution in [-0.2, 0) is 12.8 Å². The van der Waals surface area contributed by atoms with Gasteiger partial charge in [0.25, 0.3) is 5.91 Å². The van der Waals surface area contributed by atoms with Crippen LogP contribution in [0.3, 0.4) is 0 Å². The van der Waals surface area contributed by atoms with Crippen molar-refractivity contribution in [3.8, 4) is 0 Å². The average Bonchev–Trinajstić information content (AvgIpc) is 2.68. The molecule has 2 rings (SSSR count). The molecule has 0 aromatic carbocycles. The Balaban J connectivity index is 2.48. The van der Waals surface area contributed by atoms with Crippen molar-refractivity contribution in [2.45, 2.75) is 26.7 Å². The highest BCUT2D eigenvalue weighted by molar-refractivity contribution is 7.14. The Morgan fingerprint density at radius 2 is 2.12 bits per heavy atom. The van der Waals surface area contributed by atoms with Crippen molar-refractivity contribution in [1.29, 1.82) is 0 Å². The van der Waals surface area contributed by atoms with E-state index >= 15 is 0 Å². The molecular weight excluding hydrogens is 222 g/mol. The highest BCUT2D eigenvalue weighted by Crippen LogP contribution is 2.42. The van der Waals surface area contributed by atoms with E-state index in [1.165, 1.54) is 16.2 Å². The van der Waals surface area contributed by atoms with Crippen molar-refractivity contribution < 1.29 is 9.59 Å². The molecule has 1 amide bonds. The Kier molecular flexibility index (Phi) is 2.62. The van der Waals surface area contributed by atoms with Gasteiger partial charge in [-0.25, -0.2) is 0 Å². The van der Waals surface area contributed by atoms with E-state index in [2.05, 4.69) is 19.2 Å². The summed E-state index contributed by atoms with van der Waals surface area (Å²) < 4.78 is 0. The normalized spacial score (nSPS) is 16.9. The van der Waals surface area contributed by atoms with Gasteiger partial charge in [-0.3, -0.25) is 9.59 Å². The van der Waals surface area contributed by atoms with Crippen molar-refractivity contribution in [1.82, 2.24) is 5.32 Å². The van der Waals surface area contributed by atoms with Crippen LogP contribution in [0.1, 0.15) is 44.3 Å². The van der Waals surface area contributed by atoms with E-state index in [0.717, 1.165) is 24.7 Å². The molecule has 1 aromatic heterocycles. The molecule has 0 radical (unpaired) electrons. The van der Waals surface area contributed by atoms with Crippen LogP contribution >= 0.6 is 11.3 Å². The second kappa shape index (κ2) is 3.70. The Hall–Kier alpha value is -1.16. The van der Waals surface area contributed by atoms with E-state index in [1.54, 1.807) is 7.05 Å². The number of aldehydes is 1. The first-order valence-electron chi connectivity index (χ1n) is 5.30. The average molecular weight is 237 g/mol. The van der Waals surface area contributed by atoms with Crippen LogP contribution in [0.4, 0.5) is 0 Å². The number of carbonyl (C=O) groups excluding carboxylic acids is 2. The maximum absolute atomic E-state index is 11.6. The second-order valence-corrected chi connectivity index (χ2v) is 6.07. The topological polar surface area (TPSA) is 46.2 Å². The molecule has 0 bridgehead atoms. The molecule has 4 heteroatoms. The number of fused-ring (bicyclic) bond motifs is 1. The van der Waals surface area contributed by atoms with Gasteiger partial charge in [-0.2, -0.15) is 0 Å². The molecule has 0 saturated carbocycles. The molecule has 0 saturated heterocycles. The zero-order chi connectivity index (χ0) is 11.9. The Bertz CT molecular complexity index is 460. The lowest BCUT2D eigenvalue weighted by Gasteiger charge is -2.15. The summed E-state index contributed by atoms with van der Waals surface area (Å²) in [5.41, 5.74) is 1.91. The minimum atomic E-state index is -0.153. The van der Waals surface area contributed by atoms with Gasteiger partial charge in [0.1, 0.15) is 4.88 Å². The first-order chi connectivity index (χ1) is 7.48. The van der Waals surface area contributed by atoms with Crippen LogP contribution in [0, 0.1) is 5.41 Å². The molecule has 1 aliphatic carbocycles. The van der Waals surface area contributed by atoms with Gasteiger partial charge in [-0.15, -0.1) is 11.3 Å². The van der Waals surface area contributed by atoms with Crippen molar-refractivity contribution in [2.24, 2.45) is 5.41 Å². The Morgan fingerprint density at radius 1 is 1.44 bits per heavy atom. The molecule has 1 aromatic rings. The van der Waals surface area contributed by atoms with Crippen molar-refractivity contribution >= 4 is 23.5 Å². The standard InChI is InChI=1S/C12H15NO2S/c1-12(2)4-7-8(6-14)10(11(15)13-3)16-9(7)5-12/h6H,4-5H2,1-3H3,(H,13,15). The van der Waals surface area contributed by atoms with Gasteiger partial charge in [-0.1, -0.05) is 13.8 Å². The molecule has 0 aliphatic heterocycles. The van der Waals surface area contributed by atoms with E-state index in [-0.39, 0.29) is 11.3 Å². The first kappa shape index (κ1) is 11.3. The number of hydrogen-bond donors (Lipinski definition) is 1. The minimum absolute atomic E-state index is 0.153. The lowest BCUT2D eigenvalue weighted by molar-refractivity contribution is 0.0961. The maximum Gasteiger partial charge on any atom is 0.261 e. The van der Waals surface area contributed by atoms with Crippen molar-refractivity contribution in [3.63, 3.8) is 0 Å². The second-order valence-electron chi connectivity index (χ2n) is 4.96. The van der Waals surface area contributed by atoms with Crippen LogP contribution in [0.25, 0.3) is 0 Å². The molecule has 16 heavy (non-hydrogen) atoms. The molecule has 0 fully saturated rings. The monoisotopic (exact) mass is 237 g/mol. The van der Waals surface area contributed by atoms with E-state index < -0.39 is 0 Å². The molecule has 86 valence electrons. The maximum atomic E-state index is 11.6. The molecular formula is C12H15NO2S. The van der Waals surface area contributed by atoms with Gasteiger partial charge in [0, 0.05) is 17.5 Å². The Morgan fingerprint density at radius 3 is 2.69 bits per heavy atom. The van der Waals surface area contributed by atoms with Crippen LogP contribution in [0.2, 0.25) is 0 Å². The number of hydrogen-bond acceptors (Lipinski definition) is 3. The van der Waals surface area contributed by atoms with Crippen molar-refractivity contribution in [2.75, 3.05) is 7.05 Å². The number of rotatable bonds is 2. The molecule has 1 aliphatic rings. The van der Waals surface area contributed by atoms with E-state index in [1.807, 2.05) is 0 Å². The summed E-state index contributed by atoms with van der Waals surface area (Å²) >= 11 is 1.46. The third kappa shape index (κ3) is 1.67. The highest BCUT2D eigenvalue weighted by atomic mass is 32.1. The molecule has 0 unspecified atom stereocenters. The zero-order valence-corrected chi connectivity index (χ0v) is 10.5. The smallest absolute Gasteiger partial charge is 0.261 e. The van der Waals surface area contributed by atoms with Crippen molar-refractivity contribution in [3.05, 3.63) is 20.9 Å². The van der Waals surface area contributed by atoms with Gasteiger partial charge in [0.2, 0.25) is 0 Å². The fraction of sp³-hybridized carbons (Fsp3) is 0.500. The molecule has 0 spiro atoms.